The molecule has 6 nitrogen and oxygen atoms in total. The van der Waals surface area contributed by atoms with Crippen molar-refractivity contribution in [1.82, 2.24) is 15.0 Å². The van der Waals surface area contributed by atoms with E-state index in [-0.39, 0.29) is 0 Å². The average molecular weight is 312 g/mol. The number of pyridine rings is 1. The monoisotopic (exact) mass is 312 g/mol. The molecular weight excluding hydrogens is 288 g/mol. The molecule has 1 saturated heterocycles. The molecule has 0 N–H and O–H groups in total. The van der Waals surface area contributed by atoms with Gasteiger partial charge in [-0.05, 0) is 31.0 Å². The molecule has 2 aromatic heterocycles. The third kappa shape index (κ3) is 3.21. The van der Waals surface area contributed by atoms with E-state index in [2.05, 4.69) is 44.8 Å². The minimum atomic E-state index is 0.397. The molecule has 3 heterocycles. The molecule has 1 fully saturated rings. The summed E-state index contributed by atoms with van der Waals surface area (Å²) < 4.78 is 0. The lowest BCUT2D eigenvalue weighted by molar-refractivity contribution is 0.673. The molecule has 6 heteroatoms. The molecule has 1 aliphatic rings. The van der Waals surface area contributed by atoms with Gasteiger partial charge < -0.3 is 14.7 Å². The summed E-state index contributed by atoms with van der Waals surface area (Å²) in [5.74, 6) is 2.80. The smallest absolute Gasteiger partial charge is 0.227 e. The number of aromatic nitrogens is 3. The minimum Gasteiger partial charge on any atom is -0.363 e. The van der Waals surface area contributed by atoms with Crippen molar-refractivity contribution < 1.29 is 0 Å². The molecule has 23 heavy (non-hydrogen) atoms. The number of anilines is 3. The van der Waals surface area contributed by atoms with Crippen LogP contribution < -0.4 is 14.7 Å². The molecule has 3 rings (SSSR count). The van der Waals surface area contributed by atoms with Crippen LogP contribution in [0.4, 0.5) is 17.6 Å². The number of nitrogens with zero attached hydrogens (tertiary/aromatic N) is 6. The minimum absolute atomic E-state index is 0.397. The molecule has 0 saturated carbocycles. The number of likely N-dealkylation sites (N-methyl/N-ethyl adjacent to an activating group) is 1. The van der Waals surface area contributed by atoms with E-state index >= 15 is 0 Å². The Morgan fingerprint density at radius 2 is 1.96 bits per heavy atom. The first-order valence-corrected chi connectivity index (χ1v) is 7.96. The molecule has 0 spiro atoms. The normalized spacial score (nSPS) is 17.4. The van der Waals surface area contributed by atoms with Gasteiger partial charge in [0.25, 0.3) is 0 Å². The summed E-state index contributed by atoms with van der Waals surface area (Å²) in [5.41, 5.74) is 1.22. The van der Waals surface area contributed by atoms with Gasteiger partial charge in [-0.15, -0.1) is 0 Å². The van der Waals surface area contributed by atoms with Crippen LogP contribution in [0.1, 0.15) is 12.0 Å². The zero-order chi connectivity index (χ0) is 16.4. The molecule has 2 aromatic rings. The number of rotatable bonds is 4. The summed E-state index contributed by atoms with van der Waals surface area (Å²) in [6, 6.07) is 6.42. The van der Waals surface area contributed by atoms with E-state index in [0.717, 1.165) is 37.1 Å². The van der Waals surface area contributed by atoms with Crippen LogP contribution in [0.2, 0.25) is 0 Å². The Hall–Kier alpha value is -2.37. The van der Waals surface area contributed by atoms with Gasteiger partial charge in [0.2, 0.25) is 5.95 Å². The molecule has 122 valence electrons. The third-order valence-electron chi connectivity index (χ3n) is 4.39. The van der Waals surface area contributed by atoms with Crippen molar-refractivity contribution in [3.05, 3.63) is 36.2 Å². The highest BCUT2D eigenvalue weighted by atomic mass is 15.3. The second-order valence-corrected chi connectivity index (χ2v) is 6.25. The maximum absolute atomic E-state index is 4.64. The van der Waals surface area contributed by atoms with E-state index in [1.54, 1.807) is 0 Å². The van der Waals surface area contributed by atoms with E-state index in [1.807, 2.05) is 43.5 Å². The Morgan fingerprint density at radius 1 is 1.13 bits per heavy atom. The van der Waals surface area contributed by atoms with Gasteiger partial charge in [-0.2, -0.15) is 4.98 Å². The second kappa shape index (κ2) is 6.40. The molecule has 0 bridgehead atoms. The fourth-order valence-corrected chi connectivity index (χ4v) is 2.98. The standard InChI is InChI=1S/C17H24N6/c1-13-6-5-9-18-16(13)23-11-8-14(12-23)22(4)17-19-10-7-15(20-17)21(2)3/h5-7,9-10,14H,8,11-12H2,1-4H3. The molecule has 0 radical (unpaired) electrons. The second-order valence-electron chi connectivity index (χ2n) is 6.25. The molecular formula is C17H24N6. The first-order chi connectivity index (χ1) is 11.1. The maximum Gasteiger partial charge on any atom is 0.227 e. The highest BCUT2D eigenvalue weighted by molar-refractivity contribution is 5.49. The van der Waals surface area contributed by atoms with Crippen LogP contribution in [-0.4, -0.2) is 55.2 Å². The molecule has 0 aliphatic carbocycles. The van der Waals surface area contributed by atoms with Gasteiger partial charge in [0.05, 0.1) is 6.04 Å². The largest absolute Gasteiger partial charge is 0.363 e. The molecule has 1 atom stereocenters. The predicted molar refractivity (Wildman–Crippen MR) is 94.4 cm³/mol. The fraction of sp³-hybridized carbons (Fsp3) is 0.471. The third-order valence-corrected chi connectivity index (χ3v) is 4.39. The van der Waals surface area contributed by atoms with Crippen molar-refractivity contribution in [2.45, 2.75) is 19.4 Å². The summed E-state index contributed by atoms with van der Waals surface area (Å²) in [7, 11) is 6.06. The predicted octanol–water partition coefficient (Wildman–Crippen LogP) is 1.96. The highest BCUT2D eigenvalue weighted by Crippen LogP contribution is 2.25. The summed E-state index contributed by atoms with van der Waals surface area (Å²) in [5, 5.41) is 0. The summed E-state index contributed by atoms with van der Waals surface area (Å²) in [6.07, 6.45) is 4.77. The zero-order valence-corrected chi connectivity index (χ0v) is 14.3. The Kier molecular flexibility index (Phi) is 4.32. The van der Waals surface area contributed by atoms with Gasteiger partial charge in [0.1, 0.15) is 11.6 Å². The molecule has 1 unspecified atom stereocenters. The van der Waals surface area contributed by atoms with Crippen molar-refractivity contribution >= 4 is 17.6 Å². The van der Waals surface area contributed by atoms with Crippen molar-refractivity contribution in [3.63, 3.8) is 0 Å². The maximum atomic E-state index is 4.64. The van der Waals surface area contributed by atoms with Crippen molar-refractivity contribution in [2.24, 2.45) is 0 Å². The quantitative estimate of drug-likeness (QED) is 0.860. The van der Waals surface area contributed by atoms with Crippen molar-refractivity contribution in [1.29, 1.82) is 0 Å². The van der Waals surface area contributed by atoms with Gasteiger partial charge in [0, 0.05) is 46.6 Å². The van der Waals surface area contributed by atoms with Crippen LogP contribution in [0.5, 0.6) is 0 Å². The Labute approximate surface area is 137 Å². The summed E-state index contributed by atoms with van der Waals surface area (Å²) in [4.78, 5) is 20.1. The lowest BCUT2D eigenvalue weighted by atomic mass is 10.2. The van der Waals surface area contributed by atoms with Gasteiger partial charge >= 0.3 is 0 Å². The SMILES string of the molecule is Cc1cccnc1N1CCC(N(C)c2nccc(N(C)C)n2)C1. The Morgan fingerprint density at radius 3 is 2.70 bits per heavy atom. The van der Waals surface area contributed by atoms with E-state index in [9.17, 15) is 0 Å². The van der Waals surface area contributed by atoms with E-state index in [4.69, 9.17) is 0 Å². The van der Waals surface area contributed by atoms with Crippen LogP contribution in [0.3, 0.4) is 0 Å². The lowest BCUT2D eigenvalue weighted by Gasteiger charge is -2.26. The van der Waals surface area contributed by atoms with E-state index in [0.29, 0.717) is 6.04 Å². The van der Waals surface area contributed by atoms with Crippen molar-refractivity contribution in [2.75, 3.05) is 48.9 Å². The number of hydrogen-bond donors (Lipinski definition) is 0. The van der Waals surface area contributed by atoms with Gasteiger partial charge in [-0.1, -0.05) is 6.07 Å². The lowest BCUT2D eigenvalue weighted by Crippen LogP contribution is -2.36. The van der Waals surface area contributed by atoms with Gasteiger partial charge in [0.15, 0.2) is 0 Å². The highest BCUT2D eigenvalue weighted by Gasteiger charge is 2.28. The van der Waals surface area contributed by atoms with E-state index < -0.39 is 0 Å². The topological polar surface area (TPSA) is 48.4 Å². The summed E-state index contributed by atoms with van der Waals surface area (Å²) >= 11 is 0. The van der Waals surface area contributed by atoms with Gasteiger partial charge in [-0.25, -0.2) is 9.97 Å². The first kappa shape index (κ1) is 15.5. The fourth-order valence-electron chi connectivity index (χ4n) is 2.98. The first-order valence-electron chi connectivity index (χ1n) is 7.96. The Balaban J connectivity index is 1.74. The van der Waals surface area contributed by atoms with Crippen molar-refractivity contribution in [3.8, 4) is 0 Å². The van der Waals surface area contributed by atoms with Crippen LogP contribution >= 0.6 is 0 Å². The van der Waals surface area contributed by atoms with E-state index in [1.165, 1.54) is 5.56 Å². The van der Waals surface area contributed by atoms with Crippen LogP contribution in [0.25, 0.3) is 0 Å². The summed E-state index contributed by atoms with van der Waals surface area (Å²) in [6.45, 7) is 4.08. The number of aryl methyl sites for hydroxylation is 1. The number of hydrogen-bond acceptors (Lipinski definition) is 6. The zero-order valence-electron chi connectivity index (χ0n) is 14.3. The van der Waals surface area contributed by atoms with Gasteiger partial charge in [-0.3, -0.25) is 0 Å². The van der Waals surface area contributed by atoms with Crippen LogP contribution in [0, 0.1) is 6.92 Å². The molecule has 1 aliphatic heterocycles. The molecule has 0 amide bonds. The average Bonchev–Trinajstić information content (AvgIpc) is 3.04. The van der Waals surface area contributed by atoms with Crippen LogP contribution in [0.15, 0.2) is 30.6 Å². The molecule has 0 aromatic carbocycles. The Bertz CT molecular complexity index is 672. The van der Waals surface area contributed by atoms with Crippen LogP contribution in [-0.2, 0) is 0 Å².